The van der Waals surface area contributed by atoms with E-state index in [0.29, 0.717) is 0 Å². The van der Waals surface area contributed by atoms with Crippen LogP contribution >= 0.6 is 0 Å². The molecule has 0 saturated heterocycles. The molecule has 2 atom stereocenters. The second-order valence-corrected chi connectivity index (χ2v) is 6.24. The van der Waals surface area contributed by atoms with Crippen molar-refractivity contribution in [3.63, 3.8) is 0 Å². The molecule has 0 aromatic heterocycles. The number of unbranched alkanes of at least 4 members (excludes halogenated alkanes) is 1. The molecule has 0 rings (SSSR count). The average molecular weight is 310 g/mol. The van der Waals surface area contributed by atoms with E-state index in [9.17, 15) is 18.0 Å². The summed E-state index contributed by atoms with van der Waals surface area (Å²) in [4.78, 5) is 22.1. The zero-order valence-corrected chi connectivity index (χ0v) is 12.6. The molecule has 0 radical (unpaired) electrons. The third kappa shape index (κ3) is 7.44. The van der Waals surface area contributed by atoms with E-state index >= 15 is 0 Å². The van der Waals surface area contributed by atoms with E-state index in [1.165, 1.54) is 0 Å². The fourth-order valence-electron chi connectivity index (χ4n) is 1.64. The fraction of sp³-hybridized carbons (Fsp3) is 0.833. The molecule has 118 valence electrons. The Hall–Kier alpha value is -1.15. The molecule has 8 heteroatoms. The maximum Gasteiger partial charge on any atom is 0.325 e. The largest absolute Gasteiger partial charge is 0.480 e. The molecule has 0 heterocycles. The molecule has 0 spiro atoms. The van der Waals surface area contributed by atoms with Gasteiger partial charge in [0.15, 0.2) is 5.25 Å². The molecular weight excluding hydrogens is 288 g/mol. The lowest BCUT2D eigenvalue weighted by molar-refractivity contribution is -0.148. The number of aliphatic carboxylic acids is 1. The number of carbonyl (C=O) groups is 2. The van der Waals surface area contributed by atoms with Gasteiger partial charge in [-0.25, -0.2) is 0 Å². The first kappa shape index (κ1) is 18.9. The molecule has 1 unspecified atom stereocenters. The van der Waals surface area contributed by atoms with Crippen LogP contribution in [0.2, 0.25) is 0 Å². The highest BCUT2D eigenvalue weighted by Crippen LogP contribution is 2.14. The number of carboxylic acids is 1. The molecule has 0 aliphatic heterocycles. The van der Waals surface area contributed by atoms with Crippen molar-refractivity contribution in [3.8, 4) is 0 Å². The number of ether oxygens (including phenoxy) is 1. The Balaban J connectivity index is 4.37. The van der Waals surface area contributed by atoms with Crippen molar-refractivity contribution >= 4 is 22.1 Å². The van der Waals surface area contributed by atoms with Crippen molar-refractivity contribution in [2.45, 2.75) is 51.2 Å². The minimum absolute atomic E-state index is 0.132. The Bertz CT molecular complexity index is 416. The maximum atomic E-state index is 11.4. The predicted octanol–water partition coefficient (Wildman–Crippen LogP) is 1.48. The molecule has 0 aliphatic rings. The molecular formula is C12H22O7S. The van der Waals surface area contributed by atoms with Gasteiger partial charge in [-0.05, 0) is 12.3 Å². The van der Waals surface area contributed by atoms with Gasteiger partial charge in [-0.1, -0.05) is 33.1 Å². The molecule has 2 N–H and O–H groups in total. The van der Waals surface area contributed by atoms with Crippen LogP contribution in [0.15, 0.2) is 0 Å². The van der Waals surface area contributed by atoms with Gasteiger partial charge >= 0.3 is 11.9 Å². The first-order valence-electron chi connectivity index (χ1n) is 6.57. The highest BCUT2D eigenvalue weighted by molar-refractivity contribution is 7.87. The van der Waals surface area contributed by atoms with E-state index in [4.69, 9.17) is 14.4 Å². The Morgan fingerprint density at radius 2 is 1.85 bits per heavy atom. The molecule has 0 fully saturated rings. The summed E-state index contributed by atoms with van der Waals surface area (Å²) in [6, 6.07) is 0. The van der Waals surface area contributed by atoms with Crippen molar-refractivity contribution < 1.29 is 32.4 Å². The maximum absolute atomic E-state index is 11.4. The number of carbonyl (C=O) groups excluding carboxylic acids is 1. The molecule has 7 nitrogen and oxygen atoms in total. The van der Waals surface area contributed by atoms with Crippen molar-refractivity contribution in [3.05, 3.63) is 0 Å². The lowest BCUT2D eigenvalue weighted by Gasteiger charge is -2.15. The molecule has 0 aromatic carbocycles. The van der Waals surface area contributed by atoms with Gasteiger partial charge in [0.2, 0.25) is 0 Å². The van der Waals surface area contributed by atoms with Crippen LogP contribution in [0.4, 0.5) is 0 Å². The van der Waals surface area contributed by atoms with Crippen LogP contribution in [-0.2, 0) is 24.4 Å². The van der Waals surface area contributed by atoms with Crippen LogP contribution in [0.5, 0.6) is 0 Å². The van der Waals surface area contributed by atoms with E-state index in [-0.39, 0.29) is 12.5 Å². The summed E-state index contributed by atoms with van der Waals surface area (Å²) in [6.07, 6.45) is 2.83. The third-order valence-corrected chi connectivity index (χ3v) is 4.10. The van der Waals surface area contributed by atoms with Gasteiger partial charge in [0.25, 0.3) is 10.1 Å². The lowest BCUT2D eigenvalue weighted by atomic mass is 10.0. The van der Waals surface area contributed by atoms with Crippen LogP contribution in [0.1, 0.15) is 46.0 Å². The van der Waals surface area contributed by atoms with Crippen LogP contribution < -0.4 is 0 Å². The highest BCUT2D eigenvalue weighted by atomic mass is 32.2. The summed E-state index contributed by atoms with van der Waals surface area (Å²) in [6.45, 7) is 4.13. The first-order chi connectivity index (χ1) is 9.22. The minimum atomic E-state index is -4.82. The smallest absolute Gasteiger partial charge is 0.325 e. The number of hydrogen-bond donors (Lipinski definition) is 2. The van der Waals surface area contributed by atoms with Crippen LogP contribution in [-0.4, -0.2) is 41.9 Å². The zero-order valence-electron chi connectivity index (χ0n) is 11.7. The van der Waals surface area contributed by atoms with Crippen LogP contribution in [0.25, 0.3) is 0 Å². The number of esters is 1. The standard InChI is InChI=1S/C12H22O7S/c1-3-5-6-9(4-2)8-19-11(13)7-10(12(14)15)20(16,17)18/h9-10H,3-8H2,1-2H3,(H,14,15)(H,16,17,18)/t9-,10?/m1/s1. The first-order valence-corrected chi connectivity index (χ1v) is 8.07. The Labute approximate surface area is 119 Å². The molecule has 0 aromatic rings. The summed E-state index contributed by atoms with van der Waals surface area (Å²) >= 11 is 0. The van der Waals surface area contributed by atoms with Gasteiger partial charge in [0.05, 0.1) is 13.0 Å². The van der Waals surface area contributed by atoms with Crippen molar-refractivity contribution in [1.29, 1.82) is 0 Å². The molecule has 20 heavy (non-hydrogen) atoms. The van der Waals surface area contributed by atoms with Gasteiger partial charge in [-0.3, -0.25) is 14.1 Å². The topological polar surface area (TPSA) is 118 Å². The molecule has 0 aliphatic carbocycles. The van der Waals surface area contributed by atoms with Crippen molar-refractivity contribution in [2.24, 2.45) is 5.92 Å². The fourth-order valence-corrected chi connectivity index (χ4v) is 2.24. The zero-order chi connectivity index (χ0) is 15.8. The minimum Gasteiger partial charge on any atom is -0.480 e. The van der Waals surface area contributed by atoms with Gasteiger partial charge in [-0.15, -0.1) is 0 Å². The Morgan fingerprint density at radius 1 is 1.25 bits per heavy atom. The van der Waals surface area contributed by atoms with E-state index in [1.807, 2.05) is 13.8 Å². The van der Waals surface area contributed by atoms with Crippen LogP contribution in [0, 0.1) is 5.92 Å². The van der Waals surface area contributed by atoms with Crippen molar-refractivity contribution in [1.82, 2.24) is 0 Å². The van der Waals surface area contributed by atoms with E-state index in [1.54, 1.807) is 0 Å². The summed E-state index contributed by atoms with van der Waals surface area (Å²) in [5.41, 5.74) is 0. The van der Waals surface area contributed by atoms with E-state index < -0.39 is 33.7 Å². The monoisotopic (exact) mass is 310 g/mol. The van der Waals surface area contributed by atoms with Gasteiger partial charge < -0.3 is 9.84 Å². The average Bonchev–Trinajstić information content (AvgIpc) is 2.34. The van der Waals surface area contributed by atoms with Gasteiger partial charge in [0.1, 0.15) is 0 Å². The Kier molecular flexibility index (Phi) is 8.40. The molecule has 0 amide bonds. The molecule has 0 saturated carbocycles. The summed E-state index contributed by atoms with van der Waals surface area (Å²) < 4.78 is 35.2. The summed E-state index contributed by atoms with van der Waals surface area (Å²) in [5.74, 6) is -2.54. The van der Waals surface area contributed by atoms with Gasteiger partial charge in [-0.2, -0.15) is 8.42 Å². The summed E-state index contributed by atoms with van der Waals surface area (Å²) in [5, 5.41) is 6.48. The number of hydrogen-bond acceptors (Lipinski definition) is 5. The quantitative estimate of drug-likeness (QED) is 0.463. The number of carboxylic acid groups (broad SMARTS) is 1. The Morgan fingerprint density at radius 3 is 2.25 bits per heavy atom. The predicted molar refractivity (Wildman–Crippen MR) is 71.9 cm³/mol. The SMILES string of the molecule is CCCC[C@@H](CC)COC(=O)CC(C(=O)O)S(=O)(=O)O. The highest BCUT2D eigenvalue weighted by Gasteiger charge is 2.34. The molecule has 0 bridgehead atoms. The lowest BCUT2D eigenvalue weighted by Crippen LogP contribution is -2.33. The van der Waals surface area contributed by atoms with E-state index in [0.717, 1.165) is 25.7 Å². The van der Waals surface area contributed by atoms with Crippen LogP contribution in [0.3, 0.4) is 0 Å². The second-order valence-electron chi connectivity index (χ2n) is 4.65. The normalized spacial score (nSPS) is 14.6. The second kappa shape index (κ2) is 8.91. The van der Waals surface area contributed by atoms with E-state index in [2.05, 4.69) is 0 Å². The summed E-state index contributed by atoms with van der Waals surface area (Å²) in [7, 11) is -4.82. The number of rotatable bonds is 10. The van der Waals surface area contributed by atoms with Crippen molar-refractivity contribution in [2.75, 3.05) is 6.61 Å². The third-order valence-electron chi connectivity index (χ3n) is 3.01. The van der Waals surface area contributed by atoms with Gasteiger partial charge in [0, 0.05) is 0 Å².